The molecule has 1 fully saturated rings. The van der Waals surface area contributed by atoms with E-state index in [9.17, 15) is 4.39 Å². The predicted molar refractivity (Wildman–Crippen MR) is 89.3 cm³/mol. The predicted octanol–water partition coefficient (Wildman–Crippen LogP) is 5.35. The van der Waals surface area contributed by atoms with Crippen LogP contribution in [0.15, 0.2) is 30.4 Å². The highest BCUT2D eigenvalue weighted by Crippen LogP contribution is 2.31. The minimum atomic E-state index is -0.324. The molecule has 22 heavy (non-hydrogen) atoms. The summed E-state index contributed by atoms with van der Waals surface area (Å²) in [6.45, 7) is 4.69. The Morgan fingerprint density at radius 3 is 2.64 bits per heavy atom. The molecule has 0 spiro atoms. The zero-order valence-electron chi connectivity index (χ0n) is 13.6. The van der Waals surface area contributed by atoms with E-state index < -0.39 is 0 Å². The van der Waals surface area contributed by atoms with Crippen LogP contribution in [0.4, 0.5) is 4.39 Å². The number of hydrogen-bond acceptors (Lipinski definition) is 1. The van der Waals surface area contributed by atoms with Gasteiger partial charge in [0.15, 0.2) is 0 Å². The smallest absolute Gasteiger partial charge is 0.142 e. The number of benzene rings is 1. The Morgan fingerprint density at radius 2 is 2.00 bits per heavy atom. The summed E-state index contributed by atoms with van der Waals surface area (Å²) in [6, 6.07) is 4.82. The van der Waals surface area contributed by atoms with Crippen molar-refractivity contribution in [2.45, 2.75) is 46.0 Å². The molecule has 0 amide bonds. The van der Waals surface area contributed by atoms with Crippen molar-refractivity contribution >= 4 is 0 Å². The second kappa shape index (κ2) is 8.63. The van der Waals surface area contributed by atoms with Crippen LogP contribution in [0.25, 0.3) is 0 Å². The molecule has 0 N–H and O–H groups in total. The molecule has 0 unspecified atom stereocenters. The minimum Gasteiger partial charge on any atom is -0.494 e. The zero-order valence-corrected chi connectivity index (χ0v) is 13.6. The molecule has 1 aromatic carbocycles. The van der Waals surface area contributed by atoms with Gasteiger partial charge in [-0.1, -0.05) is 31.3 Å². The summed E-state index contributed by atoms with van der Waals surface area (Å²) in [7, 11) is 0. The lowest BCUT2D eigenvalue weighted by Gasteiger charge is -2.25. The van der Waals surface area contributed by atoms with Crippen LogP contribution in [0.1, 0.15) is 51.5 Å². The van der Waals surface area contributed by atoms with Crippen LogP contribution in [-0.2, 0) is 0 Å². The lowest BCUT2D eigenvalue weighted by molar-refractivity contribution is 0.304. The van der Waals surface area contributed by atoms with Gasteiger partial charge in [-0.15, -0.1) is 0 Å². The van der Waals surface area contributed by atoms with E-state index >= 15 is 0 Å². The van der Waals surface area contributed by atoms with Crippen LogP contribution in [0.2, 0.25) is 0 Å². The first kappa shape index (κ1) is 16.6. The van der Waals surface area contributed by atoms with Crippen molar-refractivity contribution in [2.75, 3.05) is 6.61 Å². The Labute approximate surface area is 133 Å². The highest BCUT2D eigenvalue weighted by molar-refractivity contribution is 5.41. The Balaban J connectivity index is 1.89. The zero-order chi connectivity index (χ0) is 15.8. The van der Waals surface area contributed by atoms with E-state index in [1.165, 1.54) is 38.2 Å². The molecule has 0 saturated heterocycles. The molecule has 2 rings (SSSR count). The maximum atomic E-state index is 13.8. The van der Waals surface area contributed by atoms with Crippen molar-refractivity contribution < 1.29 is 9.13 Å². The molecule has 0 heterocycles. The van der Waals surface area contributed by atoms with Gasteiger partial charge >= 0.3 is 0 Å². The van der Waals surface area contributed by atoms with Crippen LogP contribution in [-0.4, -0.2) is 6.61 Å². The van der Waals surface area contributed by atoms with E-state index in [1.54, 1.807) is 12.1 Å². The Hall–Kier alpha value is -1.75. The van der Waals surface area contributed by atoms with Crippen molar-refractivity contribution in [3.8, 4) is 17.6 Å². The molecule has 0 bridgehead atoms. The van der Waals surface area contributed by atoms with E-state index in [2.05, 4.69) is 24.8 Å². The first-order valence-electron chi connectivity index (χ1n) is 8.33. The van der Waals surface area contributed by atoms with Crippen LogP contribution < -0.4 is 4.74 Å². The van der Waals surface area contributed by atoms with Gasteiger partial charge in [0.1, 0.15) is 11.6 Å². The highest BCUT2D eigenvalue weighted by atomic mass is 19.1. The molecule has 1 aliphatic carbocycles. The topological polar surface area (TPSA) is 9.23 Å². The van der Waals surface area contributed by atoms with Crippen LogP contribution >= 0.6 is 0 Å². The van der Waals surface area contributed by atoms with Crippen molar-refractivity contribution in [2.24, 2.45) is 11.8 Å². The summed E-state index contributed by atoms with van der Waals surface area (Å²) in [4.78, 5) is 0. The first-order valence-corrected chi connectivity index (χ1v) is 8.33. The number of ether oxygens (including phenoxy) is 1. The van der Waals surface area contributed by atoms with Gasteiger partial charge in [0, 0.05) is 6.07 Å². The summed E-state index contributed by atoms with van der Waals surface area (Å²) < 4.78 is 19.1. The van der Waals surface area contributed by atoms with Gasteiger partial charge < -0.3 is 4.74 Å². The van der Waals surface area contributed by atoms with Gasteiger partial charge in [-0.2, -0.15) is 0 Å². The maximum Gasteiger partial charge on any atom is 0.142 e. The lowest BCUT2D eigenvalue weighted by Crippen LogP contribution is -2.11. The first-order chi connectivity index (χ1) is 10.7. The largest absolute Gasteiger partial charge is 0.494 e. The maximum absolute atomic E-state index is 13.8. The average Bonchev–Trinajstić information content (AvgIpc) is 2.54. The summed E-state index contributed by atoms with van der Waals surface area (Å²) >= 11 is 0. The molecule has 0 radical (unpaired) electrons. The monoisotopic (exact) mass is 300 g/mol. The Morgan fingerprint density at radius 1 is 1.23 bits per heavy atom. The molecule has 2 heteroatoms. The summed E-state index contributed by atoms with van der Waals surface area (Å²) in [6.07, 6.45) is 10.5. The van der Waals surface area contributed by atoms with Crippen molar-refractivity contribution in [3.63, 3.8) is 0 Å². The fraction of sp³-hybridized carbons (Fsp3) is 0.500. The second-order valence-electron chi connectivity index (χ2n) is 5.89. The SMILES string of the molecule is CCOc1ccc(C#CC=C[C@H]2CC[C@H](CC)CC2)c(F)c1. The summed E-state index contributed by atoms with van der Waals surface area (Å²) in [5, 5.41) is 0. The summed E-state index contributed by atoms with van der Waals surface area (Å²) in [5.41, 5.74) is 0.419. The van der Waals surface area contributed by atoms with Gasteiger partial charge in [-0.3, -0.25) is 0 Å². The van der Waals surface area contributed by atoms with E-state index in [-0.39, 0.29) is 5.82 Å². The number of allylic oxidation sites excluding steroid dienone is 2. The van der Waals surface area contributed by atoms with E-state index in [0.717, 1.165) is 5.92 Å². The third kappa shape index (κ3) is 4.91. The fourth-order valence-electron chi connectivity index (χ4n) is 2.95. The van der Waals surface area contributed by atoms with Crippen LogP contribution in [0.5, 0.6) is 5.75 Å². The highest BCUT2D eigenvalue weighted by Gasteiger charge is 2.17. The molecular weight excluding hydrogens is 275 g/mol. The fourth-order valence-corrected chi connectivity index (χ4v) is 2.95. The van der Waals surface area contributed by atoms with Crippen molar-refractivity contribution in [3.05, 3.63) is 41.7 Å². The molecule has 118 valence electrons. The molecule has 0 atom stereocenters. The normalized spacial score (nSPS) is 21.4. The van der Waals surface area contributed by atoms with Crippen LogP contribution in [0, 0.1) is 29.5 Å². The van der Waals surface area contributed by atoms with Crippen molar-refractivity contribution in [1.82, 2.24) is 0 Å². The van der Waals surface area contributed by atoms with Gasteiger partial charge in [-0.25, -0.2) is 4.39 Å². The van der Waals surface area contributed by atoms with Gasteiger partial charge in [0.05, 0.1) is 12.2 Å². The van der Waals surface area contributed by atoms with E-state index in [1.807, 2.05) is 13.0 Å². The molecule has 0 aromatic heterocycles. The lowest BCUT2D eigenvalue weighted by atomic mass is 9.81. The van der Waals surface area contributed by atoms with E-state index in [0.29, 0.717) is 23.8 Å². The molecule has 1 aromatic rings. The van der Waals surface area contributed by atoms with Crippen molar-refractivity contribution in [1.29, 1.82) is 0 Å². The quantitative estimate of drug-likeness (QED) is 0.681. The Kier molecular flexibility index (Phi) is 6.52. The summed E-state index contributed by atoms with van der Waals surface area (Å²) in [5.74, 6) is 7.61. The van der Waals surface area contributed by atoms with Gasteiger partial charge in [-0.05, 0) is 62.7 Å². The average molecular weight is 300 g/mol. The third-order valence-corrected chi connectivity index (χ3v) is 4.38. The molecule has 1 aliphatic rings. The standard InChI is InChI=1S/C20H25FO/c1-3-16-9-11-17(12-10-16)7-5-6-8-18-13-14-19(22-4-2)15-20(18)21/h5,7,13-17H,3-4,9-12H2,1-2H3/t16-,17-. The second-order valence-corrected chi connectivity index (χ2v) is 5.89. The third-order valence-electron chi connectivity index (χ3n) is 4.38. The number of hydrogen-bond donors (Lipinski definition) is 0. The number of rotatable bonds is 4. The molecule has 1 saturated carbocycles. The molecular formula is C20H25FO. The molecule has 0 aliphatic heterocycles. The number of halogens is 1. The van der Waals surface area contributed by atoms with E-state index in [4.69, 9.17) is 4.74 Å². The molecule has 1 nitrogen and oxygen atoms in total. The van der Waals surface area contributed by atoms with Gasteiger partial charge in [0.25, 0.3) is 0 Å². The van der Waals surface area contributed by atoms with Gasteiger partial charge in [0.2, 0.25) is 0 Å². The van der Waals surface area contributed by atoms with Crippen LogP contribution in [0.3, 0.4) is 0 Å². The Bertz CT molecular complexity index is 557. The minimum absolute atomic E-state index is 0.324.